The molecule has 0 atom stereocenters. The molecular weight excluding hydrogens is 290 g/mol. The number of sulfonamides is 1. The highest BCUT2D eigenvalue weighted by Gasteiger charge is 2.22. The molecule has 0 unspecified atom stereocenters. The number of nitrogens with two attached hydrogens (primary N) is 1. The summed E-state index contributed by atoms with van der Waals surface area (Å²) in [6, 6.07) is 6.74. The zero-order chi connectivity index (χ0) is 15.6. The van der Waals surface area contributed by atoms with E-state index in [-0.39, 0.29) is 10.7 Å². The van der Waals surface area contributed by atoms with Gasteiger partial charge in [-0.15, -0.1) is 0 Å². The van der Waals surface area contributed by atoms with E-state index < -0.39 is 10.0 Å². The lowest BCUT2D eigenvalue weighted by atomic mass is 10.1. The molecule has 0 bridgehead atoms. The van der Waals surface area contributed by atoms with Crippen molar-refractivity contribution in [1.29, 1.82) is 5.41 Å². The summed E-state index contributed by atoms with van der Waals surface area (Å²) in [5.74, 6) is 0.0629. The van der Waals surface area contributed by atoms with E-state index >= 15 is 0 Å². The maximum atomic E-state index is 12.3. The Kier molecular flexibility index (Phi) is 3.99. The molecule has 1 aromatic heterocycles. The monoisotopic (exact) mass is 307 g/mol. The van der Waals surface area contributed by atoms with Crippen molar-refractivity contribution in [3.63, 3.8) is 0 Å². The number of nitrogens with one attached hydrogen (secondary N) is 3. The third kappa shape index (κ3) is 3.40. The van der Waals surface area contributed by atoms with Gasteiger partial charge in [0.25, 0.3) is 10.0 Å². The number of benzene rings is 1. The number of H-pyrrole nitrogens is 1. The second-order valence-corrected chi connectivity index (χ2v) is 6.39. The van der Waals surface area contributed by atoms with Gasteiger partial charge in [0.2, 0.25) is 0 Å². The Morgan fingerprint density at radius 3 is 2.43 bits per heavy atom. The van der Waals surface area contributed by atoms with Crippen LogP contribution in [-0.4, -0.2) is 24.5 Å². The van der Waals surface area contributed by atoms with Crippen molar-refractivity contribution in [2.24, 2.45) is 5.73 Å². The van der Waals surface area contributed by atoms with Crippen LogP contribution in [-0.2, 0) is 16.4 Å². The van der Waals surface area contributed by atoms with Crippen molar-refractivity contribution in [1.82, 2.24) is 10.2 Å². The van der Waals surface area contributed by atoms with Gasteiger partial charge in [0.15, 0.2) is 0 Å². The molecule has 0 spiro atoms. The lowest BCUT2D eigenvalue weighted by Gasteiger charge is -2.09. The molecule has 7 nitrogen and oxygen atoms in total. The number of aromatic amines is 1. The molecule has 2 aromatic rings. The van der Waals surface area contributed by atoms with E-state index in [1.165, 1.54) is 0 Å². The van der Waals surface area contributed by atoms with E-state index in [0.717, 1.165) is 5.56 Å². The predicted octanol–water partition coefficient (Wildman–Crippen LogP) is 1.31. The van der Waals surface area contributed by atoms with Crippen LogP contribution in [0.1, 0.15) is 17.0 Å². The normalized spacial score (nSPS) is 11.3. The van der Waals surface area contributed by atoms with Crippen molar-refractivity contribution >= 4 is 21.5 Å². The quantitative estimate of drug-likeness (QED) is 0.491. The number of aromatic nitrogens is 2. The summed E-state index contributed by atoms with van der Waals surface area (Å²) in [7, 11) is -3.68. The highest BCUT2D eigenvalue weighted by Crippen LogP contribution is 2.21. The zero-order valence-corrected chi connectivity index (χ0v) is 12.6. The number of rotatable bonds is 5. The van der Waals surface area contributed by atoms with Crippen molar-refractivity contribution in [2.75, 3.05) is 4.72 Å². The van der Waals surface area contributed by atoms with Gasteiger partial charge in [-0.3, -0.25) is 15.2 Å². The van der Waals surface area contributed by atoms with E-state index in [4.69, 9.17) is 11.1 Å². The first-order valence-corrected chi connectivity index (χ1v) is 7.74. The zero-order valence-electron chi connectivity index (χ0n) is 11.8. The Bertz CT molecular complexity index is 743. The summed E-state index contributed by atoms with van der Waals surface area (Å²) >= 11 is 0. The Morgan fingerprint density at radius 2 is 1.95 bits per heavy atom. The molecule has 0 radical (unpaired) electrons. The van der Waals surface area contributed by atoms with Crippen LogP contribution in [0.3, 0.4) is 0 Å². The first-order chi connectivity index (χ1) is 9.79. The standard InChI is InChI=1S/C13H17N5O2S/c1-8-13(9(2)17-16-8)21(19,20)18-11-5-3-10(4-6-11)7-12(14)15/h3-6,18H,7H2,1-2H3,(H3,14,15)(H,16,17). The lowest BCUT2D eigenvalue weighted by Crippen LogP contribution is -2.15. The highest BCUT2D eigenvalue weighted by molar-refractivity contribution is 7.92. The van der Waals surface area contributed by atoms with Crippen molar-refractivity contribution in [2.45, 2.75) is 25.2 Å². The molecule has 5 N–H and O–H groups in total. The number of hydrogen-bond donors (Lipinski definition) is 4. The molecule has 2 rings (SSSR count). The number of amidine groups is 1. The Hall–Kier alpha value is -2.35. The summed E-state index contributed by atoms with van der Waals surface area (Å²) < 4.78 is 27.2. The molecule has 112 valence electrons. The molecule has 0 aliphatic rings. The fraction of sp³-hybridized carbons (Fsp3) is 0.231. The van der Waals surface area contributed by atoms with Gasteiger partial charge in [-0.05, 0) is 31.5 Å². The molecule has 1 aromatic carbocycles. The molecule has 1 heterocycles. The van der Waals surface area contributed by atoms with Crippen LogP contribution in [0, 0.1) is 19.3 Å². The molecule has 21 heavy (non-hydrogen) atoms. The number of hydrogen-bond acceptors (Lipinski definition) is 4. The van der Waals surface area contributed by atoms with Crippen LogP contribution >= 0.6 is 0 Å². The number of aryl methyl sites for hydroxylation is 2. The van der Waals surface area contributed by atoms with E-state index in [1.54, 1.807) is 38.1 Å². The molecule has 0 fully saturated rings. The summed E-state index contributed by atoms with van der Waals surface area (Å²) in [6.45, 7) is 3.29. The van der Waals surface area contributed by atoms with Crippen LogP contribution in [0.4, 0.5) is 5.69 Å². The van der Waals surface area contributed by atoms with Crippen LogP contribution in [0.5, 0.6) is 0 Å². The van der Waals surface area contributed by atoms with Gasteiger partial charge in [0.05, 0.1) is 17.2 Å². The molecule has 0 saturated heterocycles. The van der Waals surface area contributed by atoms with Gasteiger partial charge in [-0.1, -0.05) is 12.1 Å². The minimum atomic E-state index is -3.68. The van der Waals surface area contributed by atoms with Crippen molar-refractivity contribution < 1.29 is 8.42 Å². The minimum absolute atomic E-state index is 0.0629. The summed E-state index contributed by atoms with van der Waals surface area (Å²) in [5.41, 5.74) is 7.54. The van der Waals surface area contributed by atoms with Crippen molar-refractivity contribution in [3.8, 4) is 0 Å². The van der Waals surface area contributed by atoms with Crippen LogP contribution in [0.25, 0.3) is 0 Å². The predicted molar refractivity (Wildman–Crippen MR) is 80.9 cm³/mol. The van der Waals surface area contributed by atoms with Gasteiger partial charge in [-0.2, -0.15) is 5.10 Å². The lowest BCUT2D eigenvalue weighted by molar-refractivity contribution is 0.600. The third-order valence-corrected chi connectivity index (χ3v) is 4.57. The Labute approximate surface area is 123 Å². The topological polar surface area (TPSA) is 125 Å². The maximum absolute atomic E-state index is 12.3. The highest BCUT2D eigenvalue weighted by atomic mass is 32.2. The maximum Gasteiger partial charge on any atom is 0.265 e. The Morgan fingerprint density at radius 1 is 1.33 bits per heavy atom. The SMILES string of the molecule is Cc1n[nH]c(C)c1S(=O)(=O)Nc1ccc(CC(=N)N)cc1. The van der Waals surface area contributed by atoms with E-state index in [9.17, 15) is 8.42 Å². The fourth-order valence-electron chi connectivity index (χ4n) is 2.05. The average Bonchev–Trinajstić information content (AvgIpc) is 2.71. The first-order valence-electron chi connectivity index (χ1n) is 6.26. The second kappa shape index (κ2) is 5.57. The van der Waals surface area contributed by atoms with E-state index in [0.29, 0.717) is 23.5 Å². The number of anilines is 1. The van der Waals surface area contributed by atoms with Crippen LogP contribution in [0.15, 0.2) is 29.2 Å². The Balaban J connectivity index is 2.23. The molecule has 0 amide bonds. The van der Waals surface area contributed by atoms with Crippen LogP contribution in [0.2, 0.25) is 0 Å². The van der Waals surface area contributed by atoms with Gasteiger partial charge >= 0.3 is 0 Å². The van der Waals surface area contributed by atoms with Crippen molar-refractivity contribution in [3.05, 3.63) is 41.2 Å². The average molecular weight is 307 g/mol. The third-order valence-electron chi connectivity index (χ3n) is 2.93. The summed E-state index contributed by atoms with van der Waals surface area (Å²) in [4.78, 5) is 0.162. The smallest absolute Gasteiger partial charge is 0.265 e. The second-order valence-electron chi connectivity index (χ2n) is 4.77. The molecule has 0 saturated carbocycles. The van der Waals surface area contributed by atoms with E-state index in [2.05, 4.69) is 14.9 Å². The molecule has 0 aliphatic carbocycles. The first kappa shape index (κ1) is 15.0. The van der Waals surface area contributed by atoms with Crippen LogP contribution < -0.4 is 10.5 Å². The fourth-order valence-corrected chi connectivity index (χ4v) is 3.49. The van der Waals surface area contributed by atoms with Gasteiger partial charge in [0.1, 0.15) is 4.90 Å². The van der Waals surface area contributed by atoms with Gasteiger partial charge < -0.3 is 5.73 Å². The largest absolute Gasteiger partial charge is 0.387 e. The van der Waals surface area contributed by atoms with Gasteiger partial charge in [0, 0.05) is 12.1 Å². The molecular formula is C13H17N5O2S. The summed E-state index contributed by atoms with van der Waals surface area (Å²) in [6.07, 6.45) is 0.340. The molecule has 0 aliphatic heterocycles. The van der Waals surface area contributed by atoms with Gasteiger partial charge in [-0.25, -0.2) is 8.42 Å². The molecule has 8 heteroatoms. The van der Waals surface area contributed by atoms with E-state index in [1.807, 2.05) is 0 Å². The minimum Gasteiger partial charge on any atom is -0.387 e. The summed E-state index contributed by atoms with van der Waals surface area (Å²) in [5, 5.41) is 13.8. The number of nitrogens with zero attached hydrogens (tertiary/aromatic N) is 1.